The summed E-state index contributed by atoms with van der Waals surface area (Å²) >= 11 is 0. The number of benzene rings is 2. The molecule has 0 aliphatic heterocycles. The van der Waals surface area contributed by atoms with Gasteiger partial charge in [0, 0.05) is 59.6 Å². The summed E-state index contributed by atoms with van der Waals surface area (Å²) in [6, 6.07) is 28.7. The molecule has 4 nitrogen and oxygen atoms in total. The van der Waals surface area contributed by atoms with Gasteiger partial charge in [-0.05, 0) is 113 Å². The molecular weight excluding hydrogens is 1170 g/mol. The number of hydrogen-bond acceptors (Lipinski definition) is 4. The topological polar surface area (TPSA) is 63.1 Å². The molecule has 2 aromatic heterocycles. The first kappa shape index (κ1) is 64.6. The average molecular weight is 1250 g/mol. The van der Waals surface area contributed by atoms with Crippen molar-refractivity contribution in [2.75, 3.05) is 37.0 Å². The first-order valence-electron chi connectivity index (χ1n) is 22.7. The van der Waals surface area contributed by atoms with Crippen LogP contribution in [0.5, 0.6) is 0 Å². The molecule has 0 bridgehead atoms. The molecule has 0 saturated carbocycles. The predicted molar refractivity (Wildman–Crippen MR) is 271 cm³/mol. The predicted octanol–water partition coefficient (Wildman–Crippen LogP) is 15.8. The first-order chi connectivity index (χ1) is 29.6. The van der Waals surface area contributed by atoms with Crippen molar-refractivity contribution in [2.24, 2.45) is 0 Å². The van der Waals surface area contributed by atoms with E-state index < -0.39 is 0 Å². The van der Waals surface area contributed by atoms with Crippen LogP contribution >= 0.6 is 15.8 Å². The largest absolute Gasteiger partial charge is 0.512 e. The Balaban J connectivity index is -0.000000720. The number of aliphatic hydroxyl groups excluding tert-OH is 1. The molecule has 0 spiro atoms. The van der Waals surface area contributed by atoms with Gasteiger partial charge in [0.2, 0.25) is 0 Å². The van der Waals surface area contributed by atoms with Gasteiger partial charge >= 0.3 is 0 Å². The van der Waals surface area contributed by atoms with Crippen molar-refractivity contribution in [3.8, 4) is 40.8 Å². The second-order valence-electron chi connectivity index (χ2n) is 14.9. The number of ketones is 1. The summed E-state index contributed by atoms with van der Waals surface area (Å²) in [6.07, 6.45) is 43.3. The van der Waals surface area contributed by atoms with Gasteiger partial charge < -0.3 is 21.5 Å². The Labute approximate surface area is 416 Å². The minimum atomic E-state index is -0.125. The zero-order valence-electron chi connectivity index (χ0n) is 39.8. The van der Waals surface area contributed by atoms with Crippen LogP contribution in [0.15, 0.2) is 97.0 Å². The first-order valence-corrected chi connectivity index (χ1v) is 26.5. The Kier molecular flexibility index (Phi) is 46.9. The van der Waals surface area contributed by atoms with Gasteiger partial charge in [-0.25, -0.2) is 5.92 Å². The molecule has 4 rings (SSSR count). The van der Waals surface area contributed by atoms with Crippen molar-refractivity contribution >= 4 is 21.6 Å². The van der Waals surface area contributed by atoms with E-state index in [2.05, 4.69) is 75.5 Å². The second kappa shape index (κ2) is 45.8. The third-order valence-corrected chi connectivity index (χ3v) is 14.9. The number of hydrogen-bond donors (Lipinski definition) is 1. The van der Waals surface area contributed by atoms with Crippen LogP contribution < -0.4 is 0 Å². The Morgan fingerprint density at radius 1 is 0.635 bits per heavy atom. The molecule has 0 atom stereocenters. The zero-order valence-corrected chi connectivity index (χ0v) is 46.2. The fourth-order valence-corrected chi connectivity index (χ4v) is 11.6. The molecular formula is C55H77IrN2O2P2Pt-3. The standard InChI is InChI=1S/C13H8N.C13H7N.2C12H27P.C5H8O2.Ir.Pt/c2*1-2-11-6-8-12(9-7-11)13-5-3-4-10-14-13;2*1-4-7-10-13(11-8-5-2)12-9-6-3;1-4(6)3-5(2)7;;/h1,3-8,10H;3-8,10H;2*4-12H2,1-3H3;3,6H,1-2H3;;/q-1;-2;;;;;/b;;;;4-3-;;. The van der Waals surface area contributed by atoms with E-state index in [-0.39, 0.29) is 52.7 Å². The molecule has 0 aliphatic rings. The van der Waals surface area contributed by atoms with Crippen LogP contribution in [0.4, 0.5) is 0 Å². The van der Waals surface area contributed by atoms with E-state index in [4.69, 9.17) is 18.0 Å². The SMILES string of the molecule is C#Cc1c[c-]c(-c2ccccn2)cc1.CC(=O)/C=C(/C)O.CCCCP(CCCC)CCCC.CCCCP(CCCC)CCCC.[C-]#Cc1c[c-]c(-c2ccccn2)cc1.[Ir].[Pt]. The summed E-state index contributed by atoms with van der Waals surface area (Å²) in [5.41, 5.74) is 5.27. The van der Waals surface area contributed by atoms with Crippen LogP contribution in [0.3, 0.4) is 0 Å². The van der Waals surface area contributed by atoms with E-state index in [1.165, 1.54) is 97.0 Å². The Morgan fingerprint density at radius 2 is 0.984 bits per heavy atom. The maximum Gasteiger partial charge on any atom is 0.155 e. The number of nitrogens with zero attached hydrogens (tertiary/aromatic N) is 2. The molecule has 63 heavy (non-hydrogen) atoms. The maximum atomic E-state index is 10.0. The summed E-state index contributed by atoms with van der Waals surface area (Å²) in [4.78, 5) is 18.4. The van der Waals surface area contributed by atoms with Gasteiger partial charge in [-0.1, -0.05) is 115 Å². The van der Waals surface area contributed by atoms with E-state index in [9.17, 15) is 4.79 Å². The van der Waals surface area contributed by atoms with Crippen LogP contribution in [0.1, 0.15) is 144 Å². The van der Waals surface area contributed by atoms with Crippen LogP contribution in [-0.4, -0.2) is 57.8 Å². The zero-order chi connectivity index (χ0) is 45.4. The summed E-state index contributed by atoms with van der Waals surface area (Å²) in [7, 11) is 0.843. The molecule has 0 saturated heterocycles. The van der Waals surface area contributed by atoms with Crippen molar-refractivity contribution < 1.29 is 51.1 Å². The Hall–Kier alpha value is -2.73. The van der Waals surface area contributed by atoms with Gasteiger partial charge in [0.15, 0.2) is 5.78 Å². The number of allylic oxidation sites excluding steroid dienone is 2. The molecule has 0 amide bonds. The monoisotopic (exact) mass is 1250 g/mol. The molecule has 1 N–H and O–H groups in total. The summed E-state index contributed by atoms with van der Waals surface area (Å²) in [6.45, 7) is 16.7. The van der Waals surface area contributed by atoms with Crippen LogP contribution in [0.2, 0.25) is 0 Å². The van der Waals surface area contributed by atoms with Gasteiger partial charge in [-0.2, -0.15) is 0 Å². The van der Waals surface area contributed by atoms with Crippen LogP contribution in [0.25, 0.3) is 22.5 Å². The number of aromatic nitrogens is 2. The van der Waals surface area contributed by atoms with Gasteiger partial charge in [-0.15, -0.1) is 87.8 Å². The smallest absolute Gasteiger partial charge is 0.155 e. The molecule has 0 unspecified atom stereocenters. The Morgan fingerprint density at radius 3 is 1.19 bits per heavy atom. The number of unbranched alkanes of at least 4 members (excludes halogenated alkanes) is 6. The summed E-state index contributed by atoms with van der Waals surface area (Å²) in [5, 5.41) is 8.36. The van der Waals surface area contributed by atoms with Crippen LogP contribution in [-0.2, 0) is 46.0 Å². The number of aliphatic hydroxyl groups is 1. The van der Waals surface area contributed by atoms with Gasteiger partial charge in [0.25, 0.3) is 0 Å². The fourth-order valence-electron chi connectivity index (χ4n) is 5.64. The van der Waals surface area contributed by atoms with E-state index >= 15 is 0 Å². The number of rotatable bonds is 21. The fraction of sp³-hybridized carbons (Fsp3) is 0.473. The summed E-state index contributed by atoms with van der Waals surface area (Å²) < 4.78 is 0. The molecule has 2 heterocycles. The average Bonchev–Trinajstić information content (AvgIpc) is 3.29. The molecule has 0 aliphatic carbocycles. The molecule has 2 aromatic carbocycles. The number of terminal acetylenes is 1. The van der Waals surface area contributed by atoms with Crippen molar-refractivity contribution in [1.29, 1.82) is 0 Å². The maximum absolute atomic E-state index is 10.0. The molecule has 0 fully saturated rings. The third kappa shape index (κ3) is 36.2. The number of carbonyl (C=O) groups excluding carboxylic acids is 1. The number of carbonyl (C=O) groups is 1. The minimum Gasteiger partial charge on any atom is -0.512 e. The van der Waals surface area contributed by atoms with Crippen molar-refractivity contribution in [1.82, 2.24) is 9.97 Å². The second-order valence-corrected chi connectivity index (χ2v) is 20.2. The van der Waals surface area contributed by atoms with Crippen LogP contribution in [0, 0.1) is 36.8 Å². The molecule has 4 aromatic rings. The van der Waals surface area contributed by atoms with E-state index in [1.54, 1.807) is 61.5 Å². The minimum absolute atomic E-state index is 0. The van der Waals surface area contributed by atoms with Gasteiger partial charge in [0.05, 0.1) is 5.76 Å². The molecule has 8 heteroatoms. The molecule has 1 radical (unpaired) electrons. The van der Waals surface area contributed by atoms with E-state index in [1.807, 2.05) is 60.7 Å². The number of pyridine rings is 2. The molecule has 351 valence electrons. The third-order valence-electron chi connectivity index (χ3n) is 9.20. The Bertz CT molecular complexity index is 1580. The van der Waals surface area contributed by atoms with E-state index in [0.717, 1.165) is 33.6 Å². The summed E-state index contributed by atoms with van der Waals surface area (Å²) in [5.74, 6) is 4.80. The van der Waals surface area contributed by atoms with Gasteiger partial charge in [0.1, 0.15) is 0 Å². The van der Waals surface area contributed by atoms with Crippen molar-refractivity contribution in [3.05, 3.63) is 127 Å². The van der Waals surface area contributed by atoms with E-state index in [0.29, 0.717) is 15.8 Å². The normalized spacial score (nSPS) is 10.0. The van der Waals surface area contributed by atoms with Gasteiger partial charge in [-0.3, -0.25) is 4.79 Å². The quantitative estimate of drug-likeness (QED) is 0.0297. The van der Waals surface area contributed by atoms with Crippen molar-refractivity contribution in [3.63, 3.8) is 0 Å². The van der Waals surface area contributed by atoms with Crippen molar-refractivity contribution in [2.45, 2.75) is 132 Å².